The minimum Gasteiger partial charge on any atom is -0.504 e. The first-order valence-electron chi connectivity index (χ1n) is 4.84. The van der Waals surface area contributed by atoms with E-state index in [1.165, 1.54) is 6.07 Å². The minimum atomic E-state index is -0.0643. The smallest absolute Gasteiger partial charge is 0.157 e. The highest BCUT2D eigenvalue weighted by molar-refractivity contribution is 8.93. The van der Waals surface area contributed by atoms with Gasteiger partial charge in [0.2, 0.25) is 0 Å². The van der Waals surface area contributed by atoms with E-state index in [1.807, 2.05) is 6.07 Å². The fraction of sp³-hybridized carbons (Fsp3) is 0.455. The summed E-state index contributed by atoms with van der Waals surface area (Å²) in [6, 6.07) is 5.40. The molecule has 1 aromatic carbocycles. The number of hydrogen-bond acceptors (Lipinski definition) is 3. The van der Waals surface area contributed by atoms with Crippen LogP contribution in [0.2, 0.25) is 0 Å². The molecule has 0 fully saturated rings. The standard InChI is InChI=1S/C11H17NO2.BrH/c1-8(2)12-6-5-9-3-4-10(13)11(14)7-9;/h3-4,7-8,12-14H,5-6H2,1-2H3;1H. The highest BCUT2D eigenvalue weighted by atomic mass is 79.9. The predicted octanol–water partition coefficient (Wildman–Crippen LogP) is 2.22. The van der Waals surface area contributed by atoms with Crippen molar-refractivity contribution in [3.8, 4) is 11.5 Å². The lowest BCUT2D eigenvalue weighted by atomic mass is 10.1. The number of benzene rings is 1. The monoisotopic (exact) mass is 275 g/mol. The summed E-state index contributed by atoms with van der Waals surface area (Å²) in [5.41, 5.74) is 1.02. The number of halogens is 1. The molecule has 1 aromatic rings. The first-order chi connectivity index (χ1) is 6.59. The highest BCUT2D eigenvalue weighted by Crippen LogP contribution is 2.24. The second-order valence-electron chi connectivity index (χ2n) is 3.68. The molecule has 0 spiro atoms. The molecule has 3 nitrogen and oxygen atoms in total. The van der Waals surface area contributed by atoms with Crippen molar-refractivity contribution >= 4 is 17.0 Å². The summed E-state index contributed by atoms with van der Waals surface area (Å²) in [5, 5.41) is 21.6. The number of hydrogen-bond donors (Lipinski definition) is 3. The van der Waals surface area contributed by atoms with Crippen molar-refractivity contribution in [2.24, 2.45) is 0 Å². The van der Waals surface area contributed by atoms with Crippen LogP contribution in [-0.2, 0) is 6.42 Å². The molecule has 0 heterocycles. The van der Waals surface area contributed by atoms with Crippen molar-refractivity contribution < 1.29 is 10.2 Å². The molecule has 0 aromatic heterocycles. The quantitative estimate of drug-likeness (QED) is 0.739. The van der Waals surface area contributed by atoms with Gasteiger partial charge in [0.1, 0.15) is 0 Å². The van der Waals surface area contributed by atoms with Crippen molar-refractivity contribution in [1.82, 2.24) is 5.32 Å². The molecular weight excluding hydrogens is 258 g/mol. The number of phenols is 2. The molecule has 1 rings (SSSR count). The molecule has 0 aliphatic rings. The molecule has 4 heteroatoms. The maximum absolute atomic E-state index is 9.24. The Balaban J connectivity index is 0.00000196. The largest absolute Gasteiger partial charge is 0.504 e. The topological polar surface area (TPSA) is 52.5 Å². The van der Waals surface area contributed by atoms with E-state index in [0.29, 0.717) is 6.04 Å². The Morgan fingerprint density at radius 2 is 1.87 bits per heavy atom. The Morgan fingerprint density at radius 1 is 1.20 bits per heavy atom. The second kappa shape index (κ2) is 6.69. The van der Waals surface area contributed by atoms with E-state index in [2.05, 4.69) is 19.2 Å². The third-order valence-electron chi connectivity index (χ3n) is 2.01. The lowest BCUT2D eigenvalue weighted by Gasteiger charge is -2.08. The van der Waals surface area contributed by atoms with Crippen LogP contribution in [0.4, 0.5) is 0 Å². The van der Waals surface area contributed by atoms with E-state index in [-0.39, 0.29) is 28.5 Å². The van der Waals surface area contributed by atoms with E-state index < -0.39 is 0 Å². The minimum absolute atomic E-state index is 0. The first kappa shape index (κ1) is 14.3. The lowest BCUT2D eigenvalue weighted by molar-refractivity contribution is 0.403. The normalized spacial score (nSPS) is 10.1. The van der Waals surface area contributed by atoms with Crippen LogP contribution < -0.4 is 5.32 Å². The van der Waals surface area contributed by atoms with Crippen molar-refractivity contribution in [1.29, 1.82) is 0 Å². The molecule has 0 bridgehead atoms. The summed E-state index contributed by atoms with van der Waals surface area (Å²) in [4.78, 5) is 0. The van der Waals surface area contributed by atoms with E-state index in [0.717, 1.165) is 18.5 Å². The van der Waals surface area contributed by atoms with Crippen molar-refractivity contribution in [3.05, 3.63) is 23.8 Å². The Labute approximate surface area is 101 Å². The number of phenolic OH excluding ortho intramolecular Hbond substituents is 2. The molecule has 0 atom stereocenters. The maximum atomic E-state index is 9.24. The molecule has 0 aliphatic carbocycles. The van der Waals surface area contributed by atoms with Gasteiger partial charge < -0.3 is 15.5 Å². The van der Waals surface area contributed by atoms with Gasteiger partial charge in [-0.3, -0.25) is 0 Å². The fourth-order valence-corrected chi connectivity index (χ4v) is 1.23. The van der Waals surface area contributed by atoms with Crippen molar-refractivity contribution in [3.63, 3.8) is 0 Å². The zero-order valence-electron chi connectivity index (χ0n) is 9.03. The Bertz CT molecular complexity index is 303. The number of rotatable bonds is 4. The van der Waals surface area contributed by atoms with Crippen LogP contribution in [0.1, 0.15) is 19.4 Å². The summed E-state index contributed by atoms with van der Waals surface area (Å²) in [5.74, 6) is -0.113. The van der Waals surface area contributed by atoms with E-state index in [4.69, 9.17) is 5.11 Å². The van der Waals surface area contributed by atoms with Crippen LogP contribution in [0.15, 0.2) is 18.2 Å². The van der Waals surface area contributed by atoms with Gasteiger partial charge in [-0.25, -0.2) is 0 Å². The average Bonchev–Trinajstić information content (AvgIpc) is 2.10. The van der Waals surface area contributed by atoms with Gasteiger partial charge in [0, 0.05) is 6.04 Å². The summed E-state index contributed by atoms with van der Waals surface area (Å²) < 4.78 is 0. The maximum Gasteiger partial charge on any atom is 0.157 e. The predicted molar refractivity (Wildman–Crippen MR) is 66.9 cm³/mol. The lowest BCUT2D eigenvalue weighted by Crippen LogP contribution is -2.24. The summed E-state index contributed by atoms with van der Waals surface area (Å²) in [6.07, 6.45) is 0.853. The summed E-state index contributed by atoms with van der Waals surface area (Å²) in [7, 11) is 0. The molecule has 0 saturated heterocycles. The van der Waals surface area contributed by atoms with E-state index in [9.17, 15) is 5.11 Å². The third-order valence-corrected chi connectivity index (χ3v) is 2.01. The van der Waals surface area contributed by atoms with Crippen LogP contribution >= 0.6 is 17.0 Å². The van der Waals surface area contributed by atoms with Crippen LogP contribution in [-0.4, -0.2) is 22.8 Å². The summed E-state index contributed by atoms with van der Waals surface area (Å²) >= 11 is 0. The highest BCUT2D eigenvalue weighted by Gasteiger charge is 2.00. The van der Waals surface area contributed by atoms with Gasteiger partial charge in [-0.15, -0.1) is 17.0 Å². The van der Waals surface area contributed by atoms with Crippen LogP contribution in [0.5, 0.6) is 11.5 Å². The molecule has 3 N–H and O–H groups in total. The summed E-state index contributed by atoms with van der Waals surface area (Å²) in [6.45, 7) is 5.06. The number of aromatic hydroxyl groups is 2. The first-order valence-corrected chi connectivity index (χ1v) is 4.84. The molecular formula is C11H18BrNO2. The van der Waals surface area contributed by atoms with Gasteiger partial charge in [-0.1, -0.05) is 19.9 Å². The van der Waals surface area contributed by atoms with Crippen LogP contribution in [0.3, 0.4) is 0 Å². The molecule has 0 radical (unpaired) electrons. The molecule has 86 valence electrons. The second-order valence-corrected chi connectivity index (χ2v) is 3.68. The Kier molecular flexibility index (Phi) is 6.36. The van der Waals surface area contributed by atoms with Crippen molar-refractivity contribution in [2.45, 2.75) is 26.3 Å². The Morgan fingerprint density at radius 3 is 2.40 bits per heavy atom. The van der Waals surface area contributed by atoms with Gasteiger partial charge in [-0.2, -0.15) is 0 Å². The average molecular weight is 276 g/mol. The van der Waals surface area contributed by atoms with Gasteiger partial charge in [0.15, 0.2) is 11.5 Å². The van der Waals surface area contributed by atoms with E-state index >= 15 is 0 Å². The van der Waals surface area contributed by atoms with Crippen LogP contribution in [0.25, 0.3) is 0 Å². The van der Waals surface area contributed by atoms with Gasteiger partial charge in [0.25, 0.3) is 0 Å². The molecule has 0 amide bonds. The molecule has 0 unspecified atom stereocenters. The van der Waals surface area contributed by atoms with Gasteiger partial charge in [-0.05, 0) is 30.7 Å². The molecule has 0 aliphatic heterocycles. The SMILES string of the molecule is Br.CC(C)NCCc1ccc(O)c(O)c1. The molecule has 15 heavy (non-hydrogen) atoms. The zero-order chi connectivity index (χ0) is 10.6. The number of nitrogens with one attached hydrogen (secondary N) is 1. The van der Waals surface area contributed by atoms with Crippen molar-refractivity contribution in [2.75, 3.05) is 6.54 Å². The van der Waals surface area contributed by atoms with E-state index in [1.54, 1.807) is 6.07 Å². The van der Waals surface area contributed by atoms with Crippen LogP contribution in [0, 0.1) is 0 Å². The van der Waals surface area contributed by atoms with Gasteiger partial charge >= 0.3 is 0 Å². The Hall–Kier alpha value is -0.740. The van der Waals surface area contributed by atoms with Gasteiger partial charge in [0.05, 0.1) is 0 Å². The molecule has 0 saturated carbocycles. The third kappa shape index (κ3) is 5.04. The zero-order valence-corrected chi connectivity index (χ0v) is 10.7. The fourth-order valence-electron chi connectivity index (χ4n) is 1.23.